The van der Waals surface area contributed by atoms with Gasteiger partial charge in [-0.1, -0.05) is 17.8 Å². The summed E-state index contributed by atoms with van der Waals surface area (Å²) in [5, 5.41) is 3.79. The van der Waals surface area contributed by atoms with E-state index in [4.69, 9.17) is 5.73 Å². The number of carbonyl (C=O) groups excluding carboxylic acids is 2. The fourth-order valence-corrected chi connectivity index (χ4v) is 4.69. The molecule has 0 saturated carbocycles. The van der Waals surface area contributed by atoms with E-state index < -0.39 is 0 Å². The van der Waals surface area contributed by atoms with E-state index in [1.54, 1.807) is 6.20 Å². The van der Waals surface area contributed by atoms with Gasteiger partial charge in [0.25, 0.3) is 0 Å². The third-order valence-corrected chi connectivity index (χ3v) is 6.27. The maximum atomic E-state index is 12.2. The Labute approximate surface area is 182 Å². The molecule has 0 bridgehead atoms. The summed E-state index contributed by atoms with van der Waals surface area (Å²) in [6.45, 7) is 7.38. The van der Waals surface area contributed by atoms with E-state index in [1.807, 2.05) is 10.8 Å². The van der Waals surface area contributed by atoms with Gasteiger partial charge < -0.3 is 16.0 Å². The first-order chi connectivity index (χ1) is 14.4. The molecule has 3 rings (SSSR count). The van der Waals surface area contributed by atoms with E-state index >= 15 is 0 Å². The Morgan fingerprint density at radius 1 is 1.27 bits per heavy atom. The predicted molar refractivity (Wildman–Crippen MR) is 120 cm³/mol. The third-order valence-electron chi connectivity index (χ3n) is 5.30. The van der Waals surface area contributed by atoms with Gasteiger partial charge in [0, 0.05) is 31.2 Å². The second-order valence-corrected chi connectivity index (χ2v) is 8.90. The third kappa shape index (κ3) is 6.34. The molecule has 162 valence electrons. The number of primary amides is 1. The number of carbonyl (C=O) groups is 2. The highest BCUT2D eigenvalue weighted by Crippen LogP contribution is 2.22. The van der Waals surface area contributed by atoms with Gasteiger partial charge in [-0.05, 0) is 69.5 Å². The first kappa shape index (κ1) is 22.4. The molecule has 1 aliphatic rings. The van der Waals surface area contributed by atoms with Crippen LogP contribution in [0.4, 0.5) is 0 Å². The normalized spacial score (nSPS) is 17.1. The summed E-state index contributed by atoms with van der Waals surface area (Å²) in [6, 6.07) is 6.36. The zero-order valence-electron chi connectivity index (χ0n) is 17.8. The number of thioether (sulfide) groups is 1. The van der Waals surface area contributed by atoms with E-state index in [-0.39, 0.29) is 17.7 Å². The van der Waals surface area contributed by atoms with Crippen molar-refractivity contribution in [2.75, 3.05) is 31.9 Å². The number of nitrogens with two attached hydrogens (primary N) is 1. The highest BCUT2D eigenvalue weighted by molar-refractivity contribution is 7.99. The number of aryl methyl sites for hydroxylation is 2. The van der Waals surface area contributed by atoms with E-state index in [2.05, 4.69) is 47.2 Å². The molecule has 8 heteroatoms. The van der Waals surface area contributed by atoms with Crippen molar-refractivity contribution in [2.45, 2.75) is 38.3 Å². The number of benzene rings is 1. The number of rotatable bonds is 9. The number of nitrogens with one attached hydrogen (secondary N) is 1. The lowest BCUT2D eigenvalue weighted by atomic mass is 9.97. The van der Waals surface area contributed by atoms with Crippen LogP contribution in [0.25, 0.3) is 5.69 Å². The Kier molecular flexibility index (Phi) is 7.93. The Morgan fingerprint density at radius 2 is 2.03 bits per heavy atom. The zero-order valence-corrected chi connectivity index (χ0v) is 18.6. The molecule has 1 saturated heterocycles. The maximum Gasteiger partial charge on any atom is 0.230 e. The molecule has 1 aromatic carbocycles. The van der Waals surface area contributed by atoms with Gasteiger partial charge in [-0.25, -0.2) is 4.98 Å². The van der Waals surface area contributed by atoms with Crippen molar-refractivity contribution in [3.05, 3.63) is 41.7 Å². The van der Waals surface area contributed by atoms with Gasteiger partial charge in [-0.3, -0.25) is 14.2 Å². The van der Waals surface area contributed by atoms with Gasteiger partial charge in [0.15, 0.2) is 5.16 Å². The highest BCUT2D eigenvalue weighted by atomic mass is 32.2. The first-order valence-corrected chi connectivity index (χ1v) is 11.4. The number of nitrogens with zero attached hydrogens (tertiary/aromatic N) is 3. The van der Waals surface area contributed by atoms with E-state index in [0.717, 1.165) is 49.7 Å². The van der Waals surface area contributed by atoms with Crippen LogP contribution in [0.3, 0.4) is 0 Å². The molecule has 1 atom stereocenters. The fraction of sp³-hybridized carbons (Fsp3) is 0.500. The van der Waals surface area contributed by atoms with Crippen molar-refractivity contribution in [3.63, 3.8) is 0 Å². The van der Waals surface area contributed by atoms with Crippen LogP contribution in [-0.4, -0.2) is 58.2 Å². The van der Waals surface area contributed by atoms with E-state index in [9.17, 15) is 9.59 Å². The molecule has 3 N–H and O–H groups in total. The number of piperidine rings is 1. The summed E-state index contributed by atoms with van der Waals surface area (Å²) < 4.78 is 2.02. The zero-order chi connectivity index (χ0) is 21.5. The van der Waals surface area contributed by atoms with Gasteiger partial charge >= 0.3 is 0 Å². The summed E-state index contributed by atoms with van der Waals surface area (Å²) in [5.41, 5.74) is 8.88. The number of imidazole rings is 1. The summed E-state index contributed by atoms with van der Waals surface area (Å²) in [7, 11) is 0. The lowest BCUT2D eigenvalue weighted by molar-refractivity contribution is -0.123. The molecule has 1 aliphatic heterocycles. The van der Waals surface area contributed by atoms with E-state index in [1.165, 1.54) is 22.9 Å². The molecule has 1 fully saturated rings. The minimum absolute atomic E-state index is 0.00336. The highest BCUT2D eigenvalue weighted by Gasteiger charge is 2.23. The summed E-state index contributed by atoms with van der Waals surface area (Å²) in [5.74, 6) is 0.0912. The molecule has 1 aromatic heterocycles. The maximum absolute atomic E-state index is 12.2. The summed E-state index contributed by atoms with van der Waals surface area (Å²) in [4.78, 5) is 30.3. The number of hydrogen-bond acceptors (Lipinski definition) is 5. The standard InChI is InChI=1S/C22H31N5O2S/c1-16-11-17(2)13-19(12-16)27-10-7-25-22(27)30-15-20(28)24-6-4-9-26-8-3-5-18(14-26)21(23)29/h7,10-13,18H,3-6,8-9,14-15H2,1-2H3,(H2,23,29)(H,24,28). The van der Waals surface area contributed by atoms with E-state index in [0.29, 0.717) is 12.3 Å². The Hall–Kier alpha value is -2.32. The minimum Gasteiger partial charge on any atom is -0.369 e. The topological polar surface area (TPSA) is 93.2 Å². The average Bonchev–Trinajstić information content (AvgIpc) is 3.18. The smallest absolute Gasteiger partial charge is 0.230 e. The van der Waals surface area contributed by atoms with Crippen molar-refractivity contribution in [1.29, 1.82) is 0 Å². The molecule has 2 heterocycles. The van der Waals surface area contributed by atoms with Crippen LogP contribution in [0, 0.1) is 19.8 Å². The lowest BCUT2D eigenvalue weighted by Gasteiger charge is -2.31. The molecule has 2 amide bonds. The van der Waals surface area contributed by atoms with Crippen LogP contribution in [-0.2, 0) is 9.59 Å². The molecule has 30 heavy (non-hydrogen) atoms. The van der Waals surface area contributed by atoms with Crippen LogP contribution in [0.15, 0.2) is 35.7 Å². The Balaban J connectivity index is 1.40. The summed E-state index contributed by atoms with van der Waals surface area (Å²) in [6.07, 6.45) is 6.43. The number of hydrogen-bond donors (Lipinski definition) is 2. The molecular weight excluding hydrogens is 398 g/mol. The molecule has 0 radical (unpaired) electrons. The molecular formula is C22H31N5O2S. The predicted octanol–water partition coefficient (Wildman–Crippen LogP) is 2.28. The van der Waals surface area contributed by atoms with Crippen molar-refractivity contribution < 1.29 is 9.59 Å². The average molecular weight is 430 g/mol. The SMILES string of the molecule is Cc1cc(C)cc(-n2ccnc2SCC(=O)NCCCN2CCCC(C(N)=O)C2)c1. The Morgan fingerprint density at radius 3 is 2.77 bits per heavy atom. The van der Waals surface area contributed by atoms with Gasteiger partial charge in [-0.15, -0.1) is 0 Å². The molecule has 2 aromatic rings. The van der Waals surface area contributed by atoms with Gasteiger partial charge in [0.1, 0.15) is 0 Å². The van der Waals surface area contributed by atoms with Gasteiger partial charge in [0.2, 0.25) is 11.8 Å². The van der Waals surface area contributed by atoms with Crippen LogP contribution < -0.4 is 11.1 Å². The number of likely N-dealkylation sites (tertiary alicyclic amines) is 1. The second-order valence-electron chi connectivity index (χ2n) is 7.96. The van der Waals surface area contributed by atoms with Crippen molar-refractivity contribution in [2.24, 2.45) is 11.7 Å². The molecule has 0 aliphatic carbocycles. The van der Waals surface area contributed by atoms with Crippen LogP contribution in [0.5, 0.6) is 0 Å². The molecule has 7 nitrogen and oxygen atoms in total. The van der Waals surface area contributed by atoms with Gasteiger partial charge in [0.05, 0.1) is 11.7 Å². The minimum atomic E-state index is -0.204. The van der Waals surface area contributed by atoms with Crippen molar-refractivity contribution in [3.8, 4) is 5.69 Å². The van der Waals surface area contributed by atoms with Crippen molar-refractivity contribution >= 4 is 23.6 Å². The van der Waals surface area contributed by atoms with Crippen LogP contribution in [0.2, 0.25) is 0 Å². The second kappa shape index (κ2) is 10.6. The number of aromatic nitrogens is 2. The molecule has 0 spiro atoms. The lowest BCUT2D eigenvalue weighted by Crippen LogP contribution is -2.42. The van der Waals surface area contributed by atoms with Crippen LogP contribution >= 0.6 is 11.8 Å². The largest absolute Gasteiger partial charge is 0.369 e. The Bertz CT molecular complexity index is 862. The van der Waals surface area contributed by atoms with Crippen LogP contribution in [0.1, 0.15) is 30.4 Å². The number of amides is 2. The monoisotopic (exact) mass is 429 g/mol. The first-order valence-electron chi connectivity index (χ1n) is 10.5. The molecule has 1 unspecified atom stereocenters. The van der Waals surface area contributed by atoms with Crippen molar-refractivity contribution in [1.82, 2.24) is 19.8 Å². The van der Waals surface area contributed by atoms with Gasteiger partial charge in [-0.2, -0.15) is 0 Å². The fourth-order valence-electron chi connectivity index (χ4n) is 3.89. The quantitative estimate of drug-likeness (QED) is 0.471. The summed E-state index contributed by atoms with van der Waals surface area (Å²) >= 11 is 1.44.